The number of nitrogens with one attached hydrogen (secondary N) is 2. The molecule has 0 bridgehead atoms. The van der Waals surface area contributed by atoms with Crippen molar-refractivity contribution in [3.63, 3.8) is 0 Å². The monoisotopic (exact) mass is 317 g/mol. The molecule has 0 aliphatic heterocycles. The van der Waals surface area contributed by atoms with E-state index in [2.05, 4.69) is 15.5 Å². The standard InChI is InChI=1S/C16H19N3O4/c1-8-5-6-11(7-12(8)23-4)15(20)17-14(16(21)22)13-9(2)18-19-10(13)3/h5-7,14H,1-4H3,(H,17,20)(H,18,19)(H,21,22)/t14-/m1/s1. The number of H-pyrrole nitrogens is 1. The van der Waals surface area contributed by atoms with Gasteiger partial charge in [0.15, 0.2) is 6.04 Å². The fraction of sp³-hybridized carbons (Fsp3) is 0.312. The lowest BCUT2D eigenvalue weighted by molar-refractivity contribution is -0.139. The highest BCUT2D eigenvalue weighted by molar-refractivity contribution is 5.97. The van der Waals surface area contributed by atoms with Gasteiger partial charge in [0.25, 0.3) is 5.91 Å². The minimum atomic E-state index is -1.17. The molecule has 23 heavy (non-hydrogen) atoms. The Labute approximate surface area is 133 Å². The molecule has 1 atom stereocenters. The van der Waals surface area contributed by atoms with Crippen LogP contribution in [0.3, 0.4) is 0 Å². The van der Waals surface area contributed by atoms with Crippen molar-refractivity contribution in [2.75, 3.05) is 7.11 Å². The second-order valence-electron chi connectivity index (χ2n) is 5.28. The maximum Gasteiger partial charge on any atom is 0.331 e. The van der Waals surface area contributed by atoms with Gasteiger partial charge in [-0.15, -0.1) is 0 Å². The molecule has 0 saturated heterocycles. The van der Waals surface area contributed by atoms with E-state index in [0.29, 0.717) is 28.3 Å². The first kappa shape index (κ1) is 16.5. The SMILES string of the molecule is COc1cc(C(=O)N[C@@H](C(=O)O)c2c(C)n[nH]c2C)ccc1C. The number of carbonyl (C=O) groups is 2. The van der Waals surface area contributed by atoms with Crippen LogP contribution in [0.4, 0.5) is 0 Å². The quantitative estimate of drug-likeness (QED) is 0.781. The fourth-order valence-electron chi connectivity index (χ4n) is 2.42. The van der Waals surface area contributed by atoms with Crippen LogP contribution in [0, 0.1) is 20.8 Å². The molecule has 2 aromatic rings. The number of aryl methyl sites for hydroxylation is 3. The Morgan fingerprint density at radius 2 is 2.00 bits per heavy atom. The van der Waals surface area contributed by atoms with Crippen LogP contribution in [0.5, 0.6) is 5.75 Å². The van der Waals surface area contributed by atoms with Crippen LogP contribution in [-0.2, 0) is 4.79 Å². The van der Waals surface area contributed by atoms with E-state index in [0.717, 1.165) is 5.56 Å². The van der Waals surface area contributed by atoms with Crippen LogP contribution in [0.2, 0.25) is 0 Å². The smallest absolute Gasteiger partial charge is 0.331 e. The second kappa shape index (κ2) is 6.51. The first-order valence-electron chi connectivity index (χ1n) is 7.05. The van der Waals surface area contributed by atoms with Gasteiger partial charge in [-0.1, -0.05) is 6.07 Å². The predicted octanol–water partition coefficient (Wildman–Crippen LogP) is 1.90. The van der Waals surface area contributed by atoms with Crippen molar-refractivity contribution in [2.24, 2.45) is 0 Å². The summed E-state index contributed by atoms with van der Waals surface area (Å²) in [5.74, 6) is -1.07. The molecule has 1 heterocycles. The van der Waals surface area contributed by atoms with Crippen molar-refractivity contribution in [1.82, 2.24) is 15.5 Å². The number of nitrogens with zero attached hydrogens (tertiary/aromatic N) is 1. The normalized spacial score (nSPS) is 11.8. The first-order valence-corrected chi connectivity index (χ1v) is 7.05. The minimum absolute atomic E-state index is 0.331. The highest BCUT2D eigenvalue weighted by Crippen LogP contribution is 2.22. The van der Waals surface area contributed by atoms with Gasteiger partial charge >= 0.3 is 5.97 Å². The summed E-state index contributed by atoms with van der Waals surface area (Å²) < 4.78 is 5.19. The lowest BCUT2D eigenvalue weighted by atomic mass is 10.0. The van der Waals surface area contributed by atoms with Gasteiger partial charge in [-0.3, -0.25) is 9.89 Å². The van der Waals surface area contributed by atoms with Gasteiger partial charge in [-0.25, -0.2) is 4.79 Å². The molecule has 1 aromatic heterocycles. The van der Waals surface area contributed by atoms with Crippen LogP contribution < -0.4 is 10.1 Å². The third-order valence-electron chi connectivity index (χ3n) is 3.67. The fourth-order valence-corrected chi connectivity index (χ4v) is 2.42. The molecule has 1 aromatic carbocycles. The number of aromatic amines is 1. The highest BCUT2D eigenvalue weighted by Gasteiger charge is 2.27. The summed E-state index contributed by atoms with van der Waals surface area (Å²) in [7, 11) is 1.52. The van der Waals surface area contributed by atoms with Crippen molar-refractivity contribution in [3.05, 3.63) is 46.3 Å². The van der Waals surface area contributed by atoms with E-state index < -0.39 is 17.9 Å². The van der Waals surface area contributed by atoms with E-state index in [1.165, 1.54) is 7.11 Å². The zero-order valence-electron chi connectivity index (χ0n) is 13.4. The third kappa shape index (κ3) is 3.33. The van der Waals surface area contributed by atoms with Crippen molar-refractivity contribution >= 4 is 11.9 Å². The molecule has 0 unspecified atom stereocenters. The average molecular weight is 317 g/mol. The molecule has 0 radical (unpaired) electrons. The molecule has 7 heteroatoms. The van der Waals surface area contributed by atoms with Crippen molar-refractivity contribution in [3.8, 4) is 5.75 Å². The number of carboxylic acid groups (broad SMARTS) is 1. The summed E-state index contributed by atoms with van der Waals surface area (Å²) in [6.07, 6.45) is 0. The number of methoxy groups -OCH3 is 1. The molecule has 0 aliphatic rings. The Kier molecular flexibility index (Phi) is 4.68. The Bertz CT molecular complexity index is 732. The number of hydrogen-bond donors (Lipinski definition) is 3. The zero-order chi connectivity index (χ0) is 17.1. The molecular weight excluding hydrogens is 298 g/mol. The summed E-state index contributed by atoms with van der Waals surface area (Å²) in [4.78, 5) is 24.0. The largest absolute Gasteiger partial charge is 0.496 e. The van der Waals surface area contributed by atoms with Crippen LogP contribution in [0.1, 0.15) is 38.9 Å². The van der Waals surface area contributed by atoms with E-state index in [4.69, 9.17) is 4.74 Å². The summed E-state index contributed by atoms with van der Waals surface area (Å²) in [5.41, 5.74) is 2.83. The number of aliphatic carboxylic acids is 1. The van der Waals surface area contributed by atoms with Crippen LogP contribution in [-0.4, -0.2) is 34.3 Å². The van der Waals surface area contributed by atoms with E-state index in [1.807, 2.05) is 6.92 Å². The maximum absolute atomic E-state index is 12.4. The molecule has 0 saturated carbocycles. The second-order valence-corrected chi connectivity index (χ2v) is 5.28. The van der Waals surface area contributed by atoms with E-state index in [9.17, 15) is 14.7 Å². The first-order chi connectivity index (χ1) is 10.8. The Balaban J connectivity index is 2.31. The number of carbonyl (C=O) groups excluding carboxylic acids is 1. The van der Waals surface area contributed by atoms with Gasteiger partial charge in [-0.2, -0.15) is 5.10 Å². The van der Waals surface area contributed by atoms with Gasteiger partial charge in [0.1, 0.15) is 5.75 Å². The summed E-state index contributed by atoms with van der Waals surface area (Å²) in [6.45, 7) is 5.26. The summed E-state index contributed by atoms with van der Waals surface area (Å²) in [6, 6.07) is 3.78. The molecule has 7 nitrogen and oxygen atoms in total. The van der Waals surface area contributed by atoms with E-state index in [-0.39, 0.29) is 0 Å². The zero-order valence-corrected chi connectivity index (χ0v) is 13.4. The van der Waals surface area contributed by atoms with Crippen LogP contribution in [0.15, 0.2) is 18.2 Å². The maximum atomic E-state index is 12.4. The van der Waals surface area contributed by atoms with Crippen LogP contribution in [0.25, 0.3) is 0 Å². The molecule has 122 valence electrons. The molecule has 0 aliphatic carbocycles. The Morgan fingerprint density at radius 1 is 1.30 bits per heavy atom. The van der Waals surface area contributed by atoms with Crippen molar-refractivity contribution in [1.29, 1.82) is 0 Å². The van der Waals surface area contributed by atoms with Crippen molar-refractivity contribution in [2.45, 2.75) is 26.8 Å². The van der Waals surface area contributed by atoms with E-state index >= 15 is 0 Å². The minimum Gasteiger partial charge on any atom is -0.496 e. The number of benzene rings is 1. The van der Waals surface area contributed by atoms with Crippen molar-refractivity contribution < 1.29 is 19.4 Å². The Morgan fingerprint density at radius 3 is 2.52 bits per heavy atom. The lowest BCUT2D eigenvalue weighted by Gasteiger charge is -2.16. The number of hydrogen-bond acceptors (Lipinski definition) is 4. The average Bonchev–Trinajstić information content (AvgIpc) is 2.84. The number of amides is 1. The van der Waals surface area contributed by atoms with Crippen LogP contribution >= 0.6 is 0 Å². The number of aromatic nitrogens is 2. The molecule has 0 spiro atoms. The molecular formula is C16H19N3O4. The van der Waals surface area contributed by atoms with E-state index in [1.54, 1.807) is 32.0 Å². The number of rotatable bonds is 5. The van der Waals surface area contributed by atoms with Gasteiger partial charge in [-0.05, 0) is 38.5 Å². The molecule has 1 amide bonds. The molecule has 2 rings (SSSR count). The topological polar surface area (TPSA) is 104 Å². The summed E-state index contributed by atoms with van der Waals surface area (Å²) >= 11 is 0. The summed E-state index contributed by atoms with van der Waals surface area (Å²) in [5, 5.41) is 18.7. The predicted molar refractivity (Wildman–Crippen MR) is 83.6 cm³/mol. The Hall–Kier alpha value is -2.83. The van der Waals surface area contributed by atoms with Gasteiger partial charge in [0.05, 0.1) is 12.8 Å². The molecule has 0 fully saturated rings. The third-order valence-corrected chi connectivity index (χ3v) is 3.67. The number of ether oxygens (including phenoxy) is 1. The van der Waals surface area contributed by atoms with Gasteiger partial charge in [0.2, 0.25) is 0 Å². The molecule has 3 N–H and O–H groups in total. The lowest BCUT2D eigenvalue weighted by Crippen LogP contribution is -2.34. The number of carboxylic acids is 1. The van der Waals surface area contributed by atoms with Gasteiger partial charge in [0, 0.05) is 16.8 Å². The highest BCUT2D eigenvalue weighted by atomic mass is 16.5. The van der Waals surface area contributed by atoms with Gasteiger partial charge < -0.3 is 15.2 Å².